The summed E-state index contributed by atoms with van der Waals surface area (Å²) in [5.41, 5.74) is 1.74. The van der Waals surface area contributed by atoms with Crippen LogP contribution in [0.25, 0.3) is 11.3 Å². The summed E-state index contributed by atoms with van der Waals surface area (Å²) >= 11 is 1.64. The van der Waals surface area contributed by atoms with E-state index in [4.69, 9.17) is 14.6 Å². The molecule has 9 heteroatoms. The van der Waals surface area contributed by atoms with Crippen molar-refractivity contribution in [3.8, 4) is 22.8 Å². The SMILES string of the molecule is COc1ccc(-c2cc3n(n2)C[C@@](C)(C(=O)NCc2ccccc2OC)N(CCc2cccs2)C3=O)cc1. The molecule has 0 fully saturated rings. The van der Waals surface area contributed by atoms with Gasteiger partial charge in [-0.05, 0) is 61.2 Å². The number of nitrogens with one attached hydrogen (secondary N) is 1. The van der Waals surface area contributed by atoms with E-state index in [0.717, 1.165) is 21.8 Å². The lowest BCUT2D eigenvalue weighted by Gasteiger charge is -2.43. The summed E-state index contributed by atoms with van der Waals surface area (Å²) in [5, 5.41) is 9.79. The average molecular weight is 531 g/mol. The first-order valence-electron chi connectivity index (χ1n) is 12.4. The molecule has 1 aliphatic heterocycles. The Bertz CT molecular complexity index is 1430. The van der Waals surface area contributed by atoms with Crippen LogP contribution in [-0.2, 0) is 24.3 Å². The maximum Gasteiger partial charge on any atom is 0.273 e. The summed E-state index contributed by atoms with van der Waals surface area (Å²) in [5.74, 6) is 0.989. The summed E-state index contributed by atoms with van der Waals surface area (Å²) in [6.07, 6.45) is 0.665. The van der Waals surface area contributed by atoms with Crippen LogP contribution in [0.15, 0.2) is 72.1 Å². The van der Waals surface area contributed by atoms with Gasteiger partial charge in [-0.3, -0.25) is 14.3 Å². The molecule has 3 heterocycles. The molecule has 0 saturated heterocycles. The number of rotatable bonds is 9. The summed E-state index contributed by atoms with van der Waals surface area (Å²) in [7, 11) is 3.22. The number of hydrogen-bond acceptors (Lipinski definition) is 6. The second kappa shape index (κ2) is 10.7. The van der Waals surface area contributed by atoms with Gasteiger partial charge in [0.1, 0.15) is 22.7 Å². The van der Waals surface area contributed by atoms with E-state index in [2.05, 4.69) is 5.32 Å². The van der Waals surface area contributed by atoms with Gasteiger partial charge < -0.3 is 19.7 Å². The topological polar surface area (TPSA) is 85.7 Å². The number of thiophene rings is 1. The molecule has 0 unspecified atom stereocenters. The predicted molar refractivity (Wildman–Crippen MR) is 147 cm³/mol. The van der Waals surface area contributed by atoms with Crippen molar-refractivity contribution < 1.29 is 19.1 Å². The third kappa shape index (κ3) is 4.89. The molecule has 1 N–H and O–H groups in total. The number of carbonyl (C=O) groups is 2. The molecule has 0 spiro atoms. The number of nitrogens with zero attached hydrogens (tertiary/aromatic N) is 3. The van der Waals surface area contributed by atoms with Crippen LogP contribution in [0.1, 0.15) is 27.9 Å². The van der Waals surface area contributed by atoms with Crippen molar-refractivity contribution in [2.75, 3.05) is 20.8 Å². The third-order valence-corrected chi connectivity index (χ3v) is 7.90. The Morgan fingerprint density at radius 1 is 1.08 bits per heavy atom. The molecule has 196 valence electrons. The van der Waals surface area contributed by atoms with Gasteiger partial charge in [-0.25, -0.2) is 0 Å². The largest absolute Gasteiger partial charge is 0.497 e. The van der Waals surface area contributed by atoms with Gasteiger partial charge in [0.25, 0.3) is 5.91 Å². The van der Waals surface area contributed by atoms with Crippen LogP contribution in [0.3, 0.4) is 0 Å². The van der Waals surface area contributed by atoms with Gasteiger partial charge >= 0.3 is 0 Å². The van der Waals surface area contributed by atoms with Crippen molar-refractivity contribution in [2.45, 2.75) is 32.0 Å². The van der Waals surface area contributed by atoms with Crippen molar-refractivity contribution in [3.63, 3.8) is 0 Å². The summed E-state index contributed by atoms with van der Waals surface area (Å²) < 4.78 is 12.4. The number of amides is 2. The standard InChI is InChI=1S/C29H30N4O4S/c1-29(28(35)30-18-21-7-4-5-9-26(21)37-3)19-33-25(27(34)32(29)15-14-23-8-6-16-38-23)17-24(31-33)20-10-12-22(36-2)13-11-20/h4-13,16-17H,14-15,18-19H2,1-3H3,(H,30,35)/t29-/m0/s1. The fourth-order valence-electron chi connectivity index (χ4n) is 4.79. The molecule has 38 heavy (non-hydrogen) atoms. The Kier molecular flexibility index (Phi) is 7.20. The molecule has 0 aliphatic carbocycles. The molecule has 5 rings (SSSR count). The van der Waals surface area contributed by atoms with E-state index in [1.54, 1.807) is 41.2 Å². The summed E-state index contributed by atoms with van der Waals surface area (Å²) in [6.45, 7) is 2.76. The second-order valence-corrected chi connectivity index (χ2v) is 10.4. The molecular weight excluding hydrogens is 500 g/mol. The number of para-hydroxylation sites is 1. The highest BCUT2D eigenvalue weighted by atomic mass is 32.1. The Morgan fingerprint density at radius 3 is 2.58 bits per heavy atom. The fraction of sp³-hybridized carbons (Fsp3) is 0.276. The molecule has 0 radical (unpaired) electrons. The lowest BCUT2D eigenvalue weighted by molar-refractivity contribution is -0.133. The van der Waals surface area contributed by atoms with E-state index in [1.807, 2.05) is 73.0 Å². The zero-order valence-electron chi connectivity index (χ0n) is 21.6. The maximum absolute atomic E-state index is 13.9. The number of carbonyl (C=O) groups excluding carboxylic acids is 2. The predicted octanol–water partition coefficient (Wildman–Crippen LogP) is 4.40. The molecule has 2 amide bonds. The van der Waals surface area contributed by atoms with Crippen molar-refractivity contribution in [1.82, 2.24) is 20.0 Å². The first-order valence-corrected chi connectivity index (χ1v) is 13.3. The highest BCUT2D eigenvalue weighted by Gasteiger charge is 2.47. The van der Waals surface area contributed by atoms with Gasteiger partial charge in [0.2, 0.25) is 5.91 Å². The van der Waals surface area contributed by atoms with Crippen LogP contribution in [0.4, 0.5) is 0 Å². The molecular formula is C29H30N4O4S. The van der Waals surface area contributed by atoms with E-state index < -0.39 is 5.54 Å². The molecule has 2 aromatic heterocycles. The Balaban J connectivity index is 1.45. The second-order valence-electron chi connectivity index (χ2n) is 9.36. The zero-order valence-corrected chi connectivity index (χ0v) is 22.5. The number of fused-ring (bicyclic) bond motifs is 1. The fourth-order valence-corrected chi connectivity index (χ4v) is 5.48. The lowest BCUT2D eigenvalue weighted by Crippen LogP contribution is -2.64. The van der Waals surface area contributed by atoms with Crippen molar-refractivity contribution >= 4 is 23.2 Å². The summed E-state index contributed by atoms with van der Waals surface area (Å²) in [6, 6.07) is 20.9. The van der Waals surface area contributed by atoms with Crippen LogP contribution < -0.4 is 14.8 Å². The Morgan fingerprint density at radius 2 is 1.87 bits per heavy atom. The lowest BCUT2D eigenvalue weighted by atomic mass is 9.94. The van der Waals surface area contributed by atoms with Crippen molar-refractivity contribution in [3.05, 3.63) is 88.2 Å². The third-order valence-electron chi connectivity index (χ3n) is 6.97. The van der Waals surface area contributed by atoms with Crippen LogP contribution >= 0.6 is 11.3 Å². The number of hydrogen-bond donors (Lipinski definition) is 1. The van der Waals surface area contributed by atoms with Gasteiger partial charge in [0.15, 0.2) is 0 Å². The van der Waals surface area contributed by atoms with Gasteiger partial charge in [0.05, 0.1) is 26.5 Å². The van der Waals surface area contributed by atoms with Crippen molar-refractivity contribution in [1.29, 1.82) is 0 Å². The number of benzene rings is 2. The highest BCUT2D eigenvalue weighted by Crippen LogP contribution is 2.31. The van der Waals surface area contributed by atoms with Gasteiger partial charge in [0, 0.05) is 29.1 Å². The first-order chi connectivity index (χ1) is 18.4. The van der Waals surface area contributed by atoms with Gasteiger partial charge in [-0.1, -0.05) is 24.3 Å². The molecule has 1 aliphatic rings. The van der Waals surface area contributed by atoms with E-state index in [9.17, 15) is 9.59 Å². The zero-order chi connectivity index (χ0) is 26.7. The van der Waals surface area contributed by atoms with E-state index in [1.165, 1.54) is 0 Å². The molecule has 1 atom stereocenters. The van der Waals surface area contributed by atoms with E-state index in [0.29, 0.717) is 30.1 Å². The minimum atomic E-state index is -1.13. The van der Waals surface area contributed by atoms with Crippen LogP contribution in [0, 0.1) is 0 Å². The van der Waals surface area contributed by atoms with E-state index >= 15 is 0 Å². The van der Waals surface area contributed by atoms with Crippen molar-refractivity contribution in [2.24, 2.45) is 0 Å². The Labute approximate surface area is 225 Å². The Hall–Kier alpha value is -4.11. The highest BCUT2D eigenvalue weighted by molar-refractivity contribution is 7.09. The monoisotopic (exact) mass is 530 g/mol. The number of methoxy groups -OCH3 is 2. The molecule has 0 saturated carbocycles. The molecule has 2 aromatic carbocycles. The molecule has 4 aromatic rings. The smallest absolute Gasteiger partial charge is 0.273 e. The average Bonchev–Trinajstić information content (AvgIpc) is 3.62. The first kappa shape index (κ1) is 25.5. The minimum absolute atomic E-state index is 0.213. The van der Waals surface area contributed by atoms with Crippen LogP contribution in [-0.4, -0.2) is 52.8 Å². The van der Waals surface area contributed by atoms with Crippen LogP contribution in [0.2, 0.25) is 0 Å². The number of ether oxygens (including phenoxy) is 2. The summed E-state index contributed by atoms with van der Waals surface area (Å²) in [4.78, 5) is 30.5. The maximum atomic E-state index is 13.9. The van der Waals surface area contributed by atoms with E-state index in [-0.39, 0.29) is 24.9 Å². The van der Waals surface area contributed by atoms with Crippen LogP contribution in [0.5, 0.6) is 11.5 Å². The normalized spacial score (nSPS) is 16.7. The quantitative estimate of drug-likeness (QED) is 0.347. The molecule has 8 nitrogen and oxygen atoms in total. The van der Waals surface area contributed by atoms with Gasteiger partial charge in [-0.15, -0.1) is 11.3 Å². The minimum Gasteiger partial charge on any atom is -0.497 e. The molecule has 0 bridgehead atoms. The number of aromatic nitrogens is 2. The van der Waals surface area contributed by atoms with Gasteiger partial charge in [-0.2, -0.15) is 5.10 Å².